The van der Waals surface area contributed by atoms with Gasteiger partial charge in [0.25, 0.3) is 5.91 Å². The number of carbonyl (C=O) groups excluding carboxylic acids is 1. The first-order chi connectivity index (χ1) is 11.4. The number of aryl methyl sites for hydroxylation is 1. The van der Waals surface area contributed by atoms with Gasteiger partial charge in [-0.2, -0.15) is 0 Å². The number of benzene rings is 1. The maximum absolute atomic E-state index is 14.7. The first-order valence-electron chi connectivity index (χ1n) is 8.02. The number of ether oxygens (including phenoxy) is 3. The molecule has 0 aliphatic carbocycles. The average molecular weight is 339 g/mol. The zero-order chi connectivity index (χ0) is 17.4. The van der Waals surface area contributed by atoms with Gasteiger partial charge in [-0.25, -0.2) is 4.39 Å². The smallest absolute Gasteiger partial charge is 0.261 e. The Bertz CT molecular complexity index is 650. The van der Waals surface area contributed by atoms with Crippen LogP contribution in [0.2, 0.25) is 0 Å². The summed E-state index contributed by atoms with van der Waals surface area (Å²) in [7, 11) is 1.53. The molecule has 0 unspecified atom stereocenters. The third-order valence-corrected chi connectivity index (χ3v) is 4.39. The molecule has 0 radical (unpaired) electrons. The van der Waals surface area contributed by atoms with E-state index < -0.39 is 18.0 Å². The number of amides is 1. The van der Waals surface area contributed by atoms with Crippen LogP contribution in [-0.2, 0) is 4.74 Å². The van der Waals surface area contributed by atoms with Crippen molar-refractivity contribution in [2.45, 2.75) is 38.5 Å². The molecule has 1 aromatic rings. The van der Waals surface area contributed by atoms with Crippen molar-refractivity contribution in [3.63, 3.8) is 0 Å². The van der Waals surface area contributed by atoms with Crippen LogP contribution in [0.15, 0.2) is 6.07 Å². The molecule has 1 amide bonds. The third kappa shape index (κ3) is 2.93. The summed E-state index contributed by atoms with van der Waals surface area (Å²) >= 11 is 0. The lowest BCUT2D eigenvalue weighted by Gasteiger charge is -2.22. The number of fused-ring (bicyclic) bond motifs is 2. The second-order valence-corrected chi connectivity index (χ2v) is 6.41. The molecule has 0 saturated carbocycles. The Morgan fingerprint density at radius 3 is 3.00 bits per heavy atom. The molecule has 0 aromatic heterocycles. The summed E-state index contributed by atoms with van der Waals surface area (Å²) in [6.07, 6.45) is -0.556. The van der Waals surface area contributed by atoms with E-state index in [1.165, 1.54) is 13.2 Å². The predicted molar refractivity (Wildman–Crippen MR) is 84.0 cm³/mol. The van der Waals surface area contributed by atoms with Gasteiger partial charge in [-0.15, -0.1) is 0 Å². The summed E-state index contributed by atoms with van der Waals surface area (Å²) in [6, 6.07) is 1.31. The van der Waals surface area contributed by atoms with E-state index in [9.17, 15) is 14.3 Å². The highest BCUT2D eigenvalue weighted by molar-refractivity contribution is 6.00. The van der Waals surface area contributed by atoms with E-state index in [1.807, 2.05) is 0 Å². The minimum atomic E-state index is -0.587. The first kappa shape index (κ1) is 17.0. The summed E-state index contributed by atoms with van der Waals surface area (Å²) in [4.78, 5) is 14.5. The number of aliphatic hydroxyl groups excluding tert-OH is 1. The number of hydrogen-bond acceptors (Lipinski definition) is 5. The van der Waals surface area contributed by atoms with Crippen molar-refractivity contribution >= 4 is 5.91 Å². The Labute approximate surface area is 140 Å². The van der Waals surface area contributed by atoms with Crippen LogP contribution in [0.25, 0.3) is 0 Å². The summed E-state index contributed by atoms with van der Waals surface area (Å²) < 4.78 is 31.1. The fourth-order valence-corrected chi connectivity index (χ4v) is 3.26. The number of methoxy groups -OCH3 is 1. The van der Waals surface area contributed by atoms with E-state index in [1.54, 1.807) is 18.7 Å². The molecule has 1 aromatic carbocycles. The number of nitrogens with zero attached hydrogens (tertiary/aromatic N) is 1. The third-order valence-electron chi connectivity index (χ3n) is 4.39. The number of aliphatic hydroxyl groups is 1. The van der Waals surface area contributed by atoms with Crippen LogP contribution in [0.1, 0.15) is 29.3 Å². The van der Waals surface area contributed by atoms with E-state index >= 15 is 0 Å². The van der Waals surface area contributed by atoms with Crippen LogP contribution < -0.4 is 9.47 Å². The lowest BCUT2D eigenvalue weighted by Crippen LogP contribution is -2.37. The molecule has 2 aliphatic rings. The molecule has 1 fully saturated rings. The topological polar surface area (TPSA) is 68.2 Å². The first-order valence-corrected chi connectivity index (χ1v) is 8.02. The van der Waals surface area contributed by atoms with Gasteiger partial charge in [0.1, 0.15) is 24.0 Å². The van der Waals surface area contributed by atoms with E-state index in [0.717, 1.165) is 0 Å². The lowest BCUT2D eigenvalue weighted by atomic mass is 10.1. The Kier molecular flexibility index (Phi) is 4.64. The van der Waals surface area contributed by atoms with Gasteiger partial charge < -0.3 is 24.2 Å². The lowest BCUT2D eigenvalue weighted by molar-refractivity contribution is 0.0687. The fraction of sp³-hybridized carbons (Fsp3) is 0.588. The molecular formula is C17H22FNO5. The van der Waals surface area contributed by atoms with Gasteiger partial charge in [0, 0.05) is 13.7 Å². The van der Waals surface area contributed by atoms with E-state index in [4.69, 9.17) is 14.2 Å². The van der Waals surface area contributed by atoms with Crippen molar-refractivity contribution in [1.82, 2.24) is 4.90 Å². The second kappa shape index (κ2) is 6.57. The average Bonchev–Trinajstić information content (AvgIpc) is 2.85. The van der Waals surface area contributed by atoms with E-state index in [2.05, 4.69) is 0 Å². The number of halogens is 1. The van der Waals surface area contributed by atoms with Crippen molar-refractivity contribution < 1.29 is 28.5 Å². The summed E-state index contributed by atoms with van der Waals surface area (Å²) in [5, 5.41) is 9.83. The Morgan fingerprint density at radius 1 is 1.54 bits per heavy atom. The maximum atomic E-state index is 14.7. The molecule has 3 atom stereocenters. The largest absolute Gasteiger partial charge is 0.490 e. The minimum absolute atomic E-state index is 0.0812. The van der Waals surface area contributed by atoms with Crippen molar-refractivity contribution in [3.05, 3.63) is 23.0 Å². The predicted octanol–water partition coefficient (Wildman–Crippen LogP) is 1.52. The van der Waals surface area contributed by atoms with E-state index in [-0.39, 0.29) is 43.0 Å². The van der Waals surface area contributed by atoms with Gasteiger partial charge in [-0.3, -0.25) is 4.79 Å². The van der Waals surface area contributed by atoms with Crippen LogP contribution in [0.3, 0.4) is 0 Å². The van der Waals surface area contributed by atoms with Crippen molar-refractivity contribution in [2.75, 3.05) is 26.9 Å². The molecule has 2 aliphatic heterocycles. The SMILES string of the molecule is COC[C@@H](C)Oc1c(F)c(C)cc2c1C(=O)N1C[C@@H](O)C[C@@H]1CO2. The van der Waals surface area contributed by atoms with Crippen LogP contribution in [0.5, 0.6) is 11.5 Å². The quantitative estimate of drug-likeness (QED) is 0.901. The fourth-order valence-electron chi connectivity index (χ4n) is 3.26. The molecule has 7 heteroatoms. The highest BCUT2D eigenvalue weighted by Gasteiger charge is 2.41. The second-order valence-electron chi connectivity index (χ2n) is 6.41. The molecule has 2 heterocycles. The van der Waals surface area contributed by atoms with Gasteiger partial charge in [0.15, 0.2) is 11.6 Å². The van der Waals surface area contributed by atoms with Crippen molar-refractivity contribution in [2.24, 2.45) is 0 Å². The minimum Gasteiger partial charge on any atom is -0.490 e. The molecular weight excluding hydrogens is 317 g/mol. The van der Waals surface area contributed by atoms with Crippen LogP contribution in [0.4, 0.5) is 4.39 Å². The van der Waals surface area contributed by atoms with Crippen molar-refractivity contribution in [1.29, 1.82) is 0 Å². The van der Waals surface area contributed by atoms with Crippen LogP contribution >= 0.6 is 0 Å². The van der Waals surface area contributed by atoms with Crippen molar-refractivity contribution in [3.8, 4) is 11.5 Å². The monoisotopic (exact) mass is 339 g/mol. The van der Waals surface area contributed by atoms with Gasteiger partial charge >= 0.3 is 0 Å². The number of rotatable bonds is 4. The molecule has 1 saturated heterocycles. The number of carbonyl (C=O) groups is 1. The molecule has 1 N–H and O–H groups in total. The summed E-state index contributed by atoms with van der Waals surface area (Å²) in [5.74, 6) is -0.738. The molecule has 0 bridgehead atoms. The van der Waals surface area contributed by atoms with Gasteiger partial charge in [0.05, 0.1) is 18.8 Å². The van der Waals surface area contributed by atoms with Crippen LogP contribution in [-0.4, -0.2) is 61.0 Å². The summed E-state index contributed by atoms with van der Waals surface area (Å²) in [6.45, 7) is 4.10. The molecule has 0 spiro atoms. The van der Waals surface area contributed by atoms with Gasteiger partial charge in [0.2, 0.25) is 0 Å². The standard InChI is InChI=1S/C17H22FNO5/c1-9-4-13-14(16(15(9)18)24-10(2)7-22-3)17(21)19-6-12(20)5-11(19)8-23-13/h4,10-12,20H,5-8H2,1-3H3/t10-,11-,12+/m1/s1. The van der Waals surface area contributed by atoms with Gasteiger partial charge in [-0.05, 0) is 31.9 Å². The van der Waals surface area contributed by atoms with Gasteiger partial charge in [-0.1, -0.05) is 0 Å². The normalized spacial score (nSPS) is 24.0. The molecule has 24 heavy (non-hydrogen) atoms. The van der Waals surface area contributed by atoms with Crippen LogP contribution in [0, 0.1) is 12.7 Å². The Morgan fingerprint density at radius 2 is 2.29 bits per heavy atom. The zero-order valence-electron chi connectivity index (χ0n) is 14.0. The summed E-state index contributed by atoms with van der Waals surface area (Å²) in [5.41, 5.74) is 0.431. The molecule has 3 rings (SSSR count). The number of hydrogen-bond donors (Lipinski definition) is 1. The highest BCUT2D eigenvalue weighted by atomic mass is 19.1. The molecule has 6 nitrogen and oxygen atoms in total. The maximum Gasteiger partial charge on any atom is 0.261 e. The zero-order valence-corrected chi connectivity index (χ0v) is 14.0. The Hall–Kier alpha value is -1.86. The molecule has 132 valence electrons. The Balaban J connectivity index is 2.04. The van der Waals surface area contributed by atoms with E-state index in [0.29, 0.717) is 17.7 Å². The highest BCUT2D eigenvalue weighted by Crippen LogP contribution is 2.39.